The fraction of sp³-hybridized carbons (Fsp3) is 0.673. The van der Waals surface area contributed by atoms with Crippen LogP contribution in [-0.2, 0) is 64.0 Å². The molecular formula is C55H91N11O16. The van der Waals surface area contributed by atoms with Gasteiger partial charge in [0.1, 0.15) is 48.3 Å². The van der Waals surface area contributed by atoms with Crippen LogP contribution in [0.1, 0.15) is 139 Å². The van der Waals surface area contributed by atoms with Crippen LogP contribution in [0.15, 0.2) is 30.3 Å². The summed E-state index contributed by atoms with van der Waals surface area (Å²) < 4.78 is 0. The summed E-state index contributed by atoms with van der Waals surface area (Å²) in [5, 5.41) is 61.6. The molecule has 1 aromatic carbocycles. The molecular weight excluding hydrogens is 1070 g/mol. The first-order chi connectivity index (χ1) is 38.3. The summed E-state index contributed by atoms with van der Waals surface area (Å²) in [4.78, 5) is 158. The Morgan fingerprint density at radius 2 is 0.854 bits per heavy atom. The molecule has 27 heteroatoms. The van der Waals surface area contributed by atoms with Crippen molar-refractivity contribution in [2.45, 2.75) is 200 Å². The Morgan fingerprint density at radius 3 is 1.34 bits per heavy atom. The van der Waals surface area contributed by atoms with Crippen LogP contribution in [-0.4, -0.2) is 165 Å². The third kappa shape index (κ3) is 29.5. The minimum atomic E-state index is -1.68. The molecule has 10 atom stereocenters. The number of nitrogens with one attached hydrogen (secondary N) is 9. The maximum absolute atomic E-state index is 14.3. The number of hydrogen-bond acceptors (Lipinski definition) is 15. The van der Waals surface area contributed by atoms with Crippen molar-refractivity contribution >= 4 is 71.1 Å². The van der Waals surface area contributed by atoms with Crippen LogP contribution in [0.4, 0.5) is 0 Å². The molecule has 82 heavy (non-hydrogen) atoms. The summed E-state index contributed by atoms with van der Waals surface area (Å²) in [6.07, 6.45) is -2.32. The molecule has 0 unspecified atom stereocenters. The maximum Gasteiger partial charge on any atom is 0.326 e. The van der Waals surface area contributed by atoms with E-state index in [0.717, 1.165) is 0 Å². The van der Waals surface area contributed by atoms with Gasteiger partial charge in [0.2, 0.25) is 53.2 Å². The normalized spacial score (nSPS) is 15.0. The summed E-state index contributed by atoms with van der Waals surface area (Å²) in [7, 11) is 0. The smallest absolute Gasteiger partial charge is 0.326 e. The van der Waals surface area contributed by atoms with Crippen LogP contribution in [0.25, 0.3) is 0 Å². The summed E-state index contributed by atoms with van der Waals surface area (Å²) in [5.41, 5.74) is 12.1. The average molecular weight is 1160 g/mol. The predicted molar refractivity (Wildman–Crippen MR) is 300 cm³/mol. The second-order valence-electron chi connectivity index (χ2n) is 22.2. The zero-order valence-corrected chi connectivity index (χ0v) is 48.7. The molecule has 1 aromatic rings. The van der Waals surface area contributed by atoms with Crippen molar-refractivity contribution in [2.75, 3.05) is 13.1 Å². The topological polar surface area (TPSA) is 446 Å². The fourth-order valence-electron chi connectivity index (χ4n) is 8.39. The van der Waals surface area contributed by atoms with Crippen molar-refractivity contribution < 1.29 is 78.0 Å². The summed E-state index contributed by atoms with van der Waals surface area (Å²) in [5.74, 6) is -12.6. The fourth-order valence-corrected chi connectivity index (χ4v) is 8.39. The van der Waals surface area contributed by atoms with E-state index < -0.39 is 157 Å². The second-order valence-corrected chi connectivity index (χ2v) is 22.2. The van der Waals surface area contributed by atoms with Gasteiger partial charge in [0.05, 0.1) is 18.7 Å². The number of carboxylic acids is 3. The highest BCUT2D eigenvalue weighted by Gasteiger charge is 2.36. The number of nitrogens with two attached hydrogens (primary N) is 2. The minimum Gasteiger partial charge on any atom is -0.481 e. The van der Waals surface area contributed by atoms with Crippen molar-refractivity contribution in [3.05, 3.63) is 35.9 Å². The summed E-state index contributed by atoms with van der Waals surface area (Å²) >= 11 is 0. The molecule has 0 radical (unpaired) electrons. The van der Waals surface area contributed by atoms with Crippen LogP contribution >= 0.6 is 0 Å². The molecule has 17 N–H and O–H groups in total. The lowest BCUT2D eigenvalue weighted by molar-refractivity contribution is -0.143. The number of hydrogen-bond donors (Lipinski definition) is 15. The Morgan fingerprint density at radius 1 is 0.451 bits per heavy atom. The largest absolute Gasteiger partial charge is 0.481 e. The Balaban J connectivity index is 3.43. The van der Waals surface area contributed by atoms with E-state index in [2.05, 4.69) is 47.9 Å². The van der Waals surface area contributed by atoms with Crippen molar-refractivity contribution in [1.82, 2.24) is 47.9 Å². The Bertz CT molecular complexity index is 2280. The number of aliphatic carboxylic acids is 3. The van der Waals surface area contributed by atoms with Crippen LogP contribution in [0.2, 0.25) is 0 Å². The lowest BCUT2D eigenvalue weighted by atomic mass is 9.99. The highest BCUT2D eigenvalue weighted by atomic mass is 16.4. The van der Waals surface area contributed by atoms with Gasteiger partial charge in [-0.2, -0.15) is 0 Å². The Labute approximate surface area is 479 Å². The number of carbonyl (C=O) groups excluding carboxylic acids is 9. The highest BCUT2D eigenvalue weighted by Crippen LogP contribution is 2.14. The molecule has 0 heterocycles. The van der Waals surface area contributed by atoms with Gasteiger partial charge in [-0.05, 0) is 100 Å². The van der Waals surface area contributed by atoms with Gasteiger partial charge in [0, 0.05) is 19.3 Å². The van der Waals surface area contributed by atoms with E-state index in [4.69, 9.17) is 16.6 Å². The van der Waals surface area contributed by atoms with Crippen molar-refractivity contribution in [3.8, 4) is 0 Å². The number of amides is 9. The Kier molecular flexibility index (Phi) is 33.4. The number of benzene rings is 1. The highest BCUT2D eigenvalue weighted by molar-refractivity contribution is 5.98. The van der Waals surface area contributed by atoms with Crippen molar-refractivity contribution in [2.24, 2.45) is 35.1 Å². The third-order valence-electron chi connectivity index (χ3n) is 12.6. The maximum atomic E-state index is 14.3. The van der Waals surface area contributed by atoms with E-state index in [1.165, 1.54) is 6.92 Å². The molecule has 0 aliphatic carbocycles. The first kappa shape index (κ1) is 72.8. The quantitative estimate of drug-likeness (QED) is 0.0353. The molecule has 0 aromatic heterocycles. The van der Waals surface area contributed by atoms with Gasteiger partial charge in [0.25, 0.3) is 0 Å². The van der Waals surface area contributed by atoms with Gasteiger partial charge in [-0.15, -0.1) is 0 Å². The average Bonchev–Trinajstić information content (AvgIpc) is 3.40. The first-order valence-electron chi connectivity index (χ1n) is 27.9. The van der Waals surface area contributed by atoms with E-state index in [1.54, 1.807) is 85.7 Å². The lowest BCUT2D eigenvalue weighted by Crippen LogP contribution is -2.61. The molecule has 1 rings (SSSR count). The van der Waals surface area contributed by atoms with Crippen LogP contribution < -0.4 is 59.3 Å². The lowest BCUT2D eigenvalue weighted by Gasteiger charge is -2.28. The predicted octanol–water partition coefficient (Wildman–Crippen LogP) is -0.941. The molecule has 9 amide bonds. The standard InChI is InChI=1S/C55H91N11O16/c1-29(2)23-38(64-54(80)46(33(9)67)66-53(79)40(25-31(5)6)61-47(73)35(57)18-20-44(69)70)48(74)58-28-43(68)59-37(19-21-45(71)72)50(76)63-41(27-34-15-11-10-12-16-34)52(78)62-39(24-30(3)4)51(77)60-36(17-13-14-22-56)49(75)65-42(55(81)82)26-32(7)8/h10-12,15-16,29-33,35-42,46,67H,13-14,17-28,56-57H2,1-9H3,(H,58,74)(H,59,68)(H,60,77)(H,61,73)(H,62,78)(H,63,76)(H,64,80)(H,65,75)(H,66,79)(H,69,70)(H,71,72)(H,81,82)/t33-,35+,36+,37+,38+,39+,40+,41+,42+,46+/m1/s1. The molecule has 0 bridgehead atoms. The molecule has 0 spiro atoms. The van der Waals surface area contributed by atoms with Crippen LogP contribution in [0.3, 0.4) is 0 Å². The third-order valence-corrected chi connectivity index (χ3v) is 12.6. The second kappa shape index (κ2) is 37.7. The monoisotopic (exact) mass is 1160 g/mol. The molecule has 0 aliphatic heterocycles. The molecule has 0 saturated carbocycles. The first-order valence-corrected chi connectivity index (χ1v) is 27.9. The molecule has 0 saturated heterocycles. The zero-order valence-electron chi connectivity index (χ0n) is 48.7. The van der Waals surface area contributed by atoms with Gasteiger partial charge in [-0.3, -0.25) is 52.7 Å². The van der Waals surface area contributed by atoms with E-state index in [9.17, 15) is 72.9 Å². The number of rotatable bonds is 40. The van der Waals surface area contributed by atoms with Crippen LogP contribution in [0, 0.1) is 23.7 Å². The van der Waals surface area contributed by atoms with E-state index in [0.29, 0.717) is 18.4 Å². The number of aliphatic hydroxyl groups is 1. The van der Waals surface area contributed by atoms with Gasteiger partial charge in [-0.25, -0.2) is 4.79 Å². The molecule has 27 nitrogen and oxygen atoms in total. The molecule has 0 aliphatic rings. The number of carboxylic acid groups (broad SMARTS) is 3. The van der Waals surface area contributed by atoms with Gasteiger partial charge >= 0.3 is 17.9 Å². The van der Waals surface area contributed by atoms with Gasteiger partial charge < -0.3 is 79.7 Å². The summed E-state index contributed by atoms with van der Waals surface area (Å²) in [6.45, 7) is 14.8. The summed E-state index contributed by atoms with van der Waals surface area (Å²) in [6, 6.07) is -4.02. The molecule has 0 fully saturated rings. The number of unbranched alkanes of at least 4 members (excludes halogenated alkanes) is 1. The number of carbonyl (C=O) groups is 12. The molecule has 462 valence electrons. The van der Waals surface area contributed by atoms with Gasteiger partial charge in [0.15, 0.2) is 0 Å². The van der Waals surface area contributed by atoms with E-state index >= 15 is 0 Å². The zero-order chi connectivity index (χ0) is 62.4. The SMILES string of the molecule is CC(C)C[C@H](NC(=O)[C@H](CCCCN)NC(=O)[C@H](CC(C)C)NC(=O)[C@H](Cc1ccccc1)NC(=O)[C@H](CCC(=O)O)NC(=O)CNC(=O)[C@H](CC(C)C)NC(=O)[C@@H](NC(=O)[C@H](CC(C)C)NC(=O)[C@@H](N)CCC(=O)O)[C@@H](C)O)C(=O)O. The van der Waals surface area contributed by atoms with Crippen LogP contribution in [0.5, 0.6) is 0 Å². The van der Waals surface area contributed by atoms with E-state index in [-0.39, 0.29) is 75.2 Å². The van der Waals surface area contributed by atoms with Crippen molar-refractivity contribution in [3.63, 3.8) is 0 Å². The Hall–Kier alpha value is -7.26. The van der Waals surface area contributed by atoms with Crippen molar-refractivity contribution in [1.29, 1.82) is 0 Å². The number of aliphatic hydroxyl groups excluding tert-OH is 1. The van der Waals surface area contributed by atoms with Gasteiger partial charge in [-0.1, -0.05) is 85.7 Å². The minimum absolute atomic E-state index is 0.0233. The van der Waals surface area contributed by atoms with E-state index in [1.807, 2.05) is 0 Å².